The summed E-state index contributed by atoms with van der Waals surface area (Å²) in [5.74, 6) is -0.310. The van der Waals surface area contributed by atoms with E-state index in [1.165, 1.54) is 17.6 Å². The zero-order valence-corrected chi connectivity index (χ0v) is 15.7. The summed E-state index contributed by atoms with van der Waals surface area (Å²) in [7, 11) is 0. The number of carbonyl (C=O) groups excluding carboxylic acids is 1. The quantitative estimate of drug-likeness (QED) is 0.459. The van der Waals surface area contributed by atoms with E-state index in [0.717, 1.165) is 21.2 Å². The Labute approximate surface area is 156 Å². The first-order chi connectivity index (χ1) is 12.1. The molecule has 0 N–H and O–H groups in total. The molecule has 0 saturated carbocycles. The minimum atomic E-state index is -0.310. The van der Waals surface area contributed by atoms with Gasteiger partial charge in [0.2, 0.25) is 0 Å². The lowest BCUT2D eigenvalue weighted by molar-refractivity contribution is 0.0999. The number of nitrogens with zero attached hydrogens (tertiary/aromatic N) is 2. The summed E-state index contributed by atoms with van der Waals surface area (Å²) in [5, 5.41) is 2.76. The molecule has 2 aromatic carbocycles. The van der Waals surface area contributed by atoms with Gasteiger partial charge in [-0.3, -0.25) is 9.36 Å². The van der Waals surface area contributed by atoms with Crippen LogP contribution in [-0.4, -0.2) is 10.5 Å². The summed E-state index contributed by atoms with van der Waals surface area (Å²) in [5.41, 5.74) is 3.13. The number of para-hydroxylation sites is 1. The number of carbonyl (C=O) groups is 1. The van der Waals surface area contributed by atoms with Crippen LogP contribution in [0.1, 0.15) is 16.1 Å². The van der Waals surface area contributed by atoms with Crippen molar-refractivity contribution in [2.45, 2.75) is 6.92 Å². The van der Waals surface area contributed by atoms with Crippen molar-refractivity contribution in [1.29, 1.82) is 0 Å². The highest BCUT2D eigenvalue weighted by molar-refractivity contribution is 9.10. The number of aromatic nitrogens is 1. The largest absolute Gasteiger partial charge is 0.463 e. The Morgan fingerprint density at radius 2 is 2.04 bits per heavy atom. The maximum absolute atomic E-state index is 12.7. The Hall–Kier alpha value is -2.44. The maximum Gasteiger partial charge on any atom is 0.283 e. The summed E-state index contributed by atoms with van der Waals surface area (Å²) in [6.07, 6.45) is 1.47. The maximum atomic E-state index is 12.7. The summed E-state index contributed by atoms with van der Waals surface area (Å²) in [4.78, 5) is 17.7. The van der Waals surface area contributed by atoms with Gasteiger partial charge in [-0.25, -0.2) is 0 Å². The average molecular weight is 413 g/mol. The fourth-order valence-corrected chi connectivity index (χ4v) is 3.95. The molecule has 6 heteroatoms. The second kappa shape index (κ2) is 6.46. The third-order valence-electron chi connectivity index (χ3n) is 3.85. The molecule has 4 nitrogen and oxygen atoms in total. The third-order valence-corrected chi connectivity index (χ3v) is 5.29. The van der Waals surface area contributed by atoms with Crippen LogP contribution >= 0.6 is 27.3 Å². The molecule has 0 bridgehead atoms. The second-order valence-electron chi connectivity index (χ2n) is 5.54. The molecule has 0 unspecified atom stereocenters. The molecule has 1 amide bonds. The highest BCUT2D eigenvalue weighted by Crippen LogP contribution is 2.21. The summed E-state index contributed by atoms with van der Waals surface area (Å²) < 4.78 is 8.39. The van der Waals surface area contributed by atoms with Crippen molar-refractivity contribution in [1.82, 2.24) is 4.57 Å². The van der Waals surface area contributed by atoms with Crippen molar-refractivity contribution in [2.75, 3.05) is 0 Å². The molecular formula is C19H13BrN2O2S. The molecule has 25 heavy (non-hydrogen) atoms. The van der Waals surface area contributed by atoms with Gasteiger partial charge < -0.3 is 4.42 Å². The first kappa shape index (κ1) is 16.1. The molecule has 4 rings (SSSR count). The van der Waals surface area contributed by atoms with E-state index in [1.807, 2.05) is 65.4 Å². The number of halogens is 1. The van der Waals surface area contributed by atoms with E-state index in [-0.39, 0.29) is 5.91 Å². The lowest BCUT2D eigenvalue weighted by atomic mass is 10.2. The van der Waals surface area contributed by atoms with Gasteiger partial charge in [0.25, 0.3) is 5.91 Å². The zero-order chi connectivity index (χ0) is 17.4. The Morgan fingerprint density at radius 3 is 2.88 bits per heavy atom. The van der Waals surface area contributed by atoms with E-state index in [0.29, 0.717) is 15.9 Å². The van der Waals surface area contributed by atoms with Crippen LogP contribution in [0.2, 0.25) is 0 Å². The lowest BCUT2D eigenvalue weighted by Gasteiger charge is -2.06. The number of hydrogen-bond donors (Lipinski definition) is 0. The Balaban J connectivity index is 1.84. The topological polar surface area (TPSA) is 47.5 Å². The Kier molecular flexibility index (Phi) is 4.15. The fourth-order valence-electron chi connectivity index (χ4n) is 2.69. The number of thiazole rings is 1. The van der Waals surface area contributed by atoms with E-state index < -0.39 is 0 Å². The molecule has 124 valence electrons. The van der Waals surface area contributed by atoms with Crippen molar-refractivity contribution >= 4 is 44.1 Å². The molecule has 0 aliphatic rings. The SMILES string of the molecule is Cc1csc(=NC(=O)c2coc3ccccc23)n1-c1cccc(Br)c1. The van der Waals surface area contributed by atoms with E-state index >= 15 is 0 Å². The monoisotopic (exact) mass is 412 g/mol. The molecule has 0 aliphatic heterocycles. The van der Waals surface area contributed by atoms with E-state index in [4.69, 9.17) is 4.42 Å². The van der Waals surface area contributed by atoms with Crippen LogP contribution < -0.4 is 4.80 Å². The number of benzene rings is 2. The summed E-state index contributed by atoms with van der Waals surface area (Å²) >= 11 is 4.92. The second-order valence-corrected chi connectivity index (χ2v) is 7.29. The van der Waals surface area contributed by atoms with Gasteiger partial charge in [-0.1, -0.05) is 40.2 Å². The van der Waals surface area contributed by atoms with Gasteiger partial charge in [0.15, 0.2) is 4.80 Å². The molecule has 0 saturated heterocycles. The first-order valence-electron chi connectivity index (χ1n) is 7.62. The molecule has 0 spiro atoms. The molecule has 0 aliphatic carbocycles. The van der Waals surface area contributed by atoms with Crippen LogP contribution in [0.4, 0.5) is 0 Å². The van der Waals surface area contributed by atoms with Crippen molar-refractivity contribution < 1.29 is 9.21 Å². The van der Waals surface area contributed by atoms with Gasteiger partial charge in [-0.05, 0) is 31.2 Å². The van der Waals surface area contributed by atoms with Gasteiger partial charge in [-0.15, -0.1) is 11.3 Å². The van der Waals surface area contributed by atoms with Gasteiger partial charge in [0.1, 0.15) is 11.8 Å². The first-order valence-corrected chi connectivity index (χ1v) is 9.29. The van der Waals surface area contributed by atoms with Gasteiger partial charge in [0, 0.05) is 26.6 Å². The van der Waals surface area contributed by atoms with Crippen LogP contribution in [0.15, 0.2) is 74.1 Å². The Morgan fingerprint density at radius 1 is 1.20 bits per heavy atom. The van der Waals surface area contributed by atoms with E-state index in [9.17, 15) is 4.79 Å². The van der Waals surface area contributed by atoms with Gasteiger partial charge in [-0.2, -0.15) is 4.99 Å². The number of furan rings is 1. The third kappa shape index (κ3) is 2.99. The lowest BCUT2D eigenvalue weighted by Crippen LogP contribution is -2.16. The Bertz CT molecular complexity index is 1150. The summed E-state index contributed by atoms with van der Waals surface area (Å²) in [6.45, 7) is 1.99. The van der Waals surface area contributed by atoms with Crippen molar-refractivity contribution in [3.63, 3.8) is 0 Å². The van der Waals surface area contributed by atoms with E-state index in [2.05, 4.69) is 20.9 Å². The van der Waals surface area contributed by atoms with Crippen LogP contribution in [0.3, 0.4) is 0 Å². The number of aryl methyl sites for hydroxylation is 1. The normalized spacial score (nSPS) is 12.0. The predicted octanol–water partition coefficient (Wildman–Crippen LogP) is 5.10. The minimum absolute atomic E-state index is 0.310. The van der Waals surface area contributed by atoms with Gasteiger partial charge >= 0.3 is 0 Å². The molecule has 0 radical (unpaired) electrons. The predicted molar refractivity (Wildman–Crippen MR) is 102 cm³/mol. The van der Waals surface area contributed by atoms with Gasteiger partial charge in [0.05, 0.1) is 5.56 Å². The van der Waals surface area contributed by atoms with Crippen LogP contribution in [0, 0.1) is 6.92 Å². The highest BCUT2D eigenvalue weighted by atomic mass is 79.9. The summed E-state index contributed by atoms with van der Waals surface area (Å²) in [6, 6.07) is 15.4. The standard InChI is InChI=1S/C19H13BrN2O2S/c1-12-11-25-19(22(12)14-6-4-5-13(20)9-14)21-18(23)16-10-24-17-8-3-2-7-15(16)17/h2-11H,1H3. The zero-order valence-electron chi connectivity index (χ0n) is 13.3. The van der Waals surface area contributed by atoms with Crippen LogP contribution in [0.5, 0.6) is 0 Å². The van der Waals surface area contributed by atoms with Crippen molar-refractivity contribution in [3.8, 4) is 5.69 Å². The molecule has 4 aromatic rings. The number of amides is 1. The molecule has 2 aromatic heterocycles. The van der Waals surface area contributed by atoms with E-state index in [1.54, 1.807) is 0 Å². The average Bonchev–Trinajstić information content (AvgIpc) is 3.18. The number of hydrogen-bond acceptors (Lipinski definition) is 3. The van der Waals surface area contributed by atoms with Crippen LogP contribution in [-0.2, 0) is 0 Å². The fraction of sp³-hybridized carbons (Fsp3) is 0.0526. The molecule has 0 atom stereocenters. The molecular weight excluding hydrogens is 400 g/mol. The molecule has 2 heterocycles. The van der Waals surface area contributed by atoms with Crippen LogP contribution in [0.25, 0.3) is 16.7 Å². The number of fused-ring (bicyclic) bond motifs is 1. The number of rotatable bonds is 2. The van der Waals surface area contributed by atoms with Crippen molar-refractivity contribution in [3.05, 3.63) is 80.7 Å². The highest BCUT2D eigenvalue weighted by Gasteiger charge is 2.14. The minimum Gasteiger partial charge on any atom is -0.463 e. The molecule has 0 fully saturated rings. The van der Waals surface area contributed by atoms with Crippen molar-refractivity contribution in [2.24, 2.45) is 4.99 Å². The smallest absolute Gasteiger partial charge is 0.283 e.